The van der Waals surface area contributed by atoms with Gasteiger partial charge in [-0.15, -0.1) is 0 Å². The highest BCUT2D eigenvalue weighted by Gasteiger charge is 2.30. The molecule has 3 unspecified atom stereocenters. The van der Waals surface area contributed by atoms with Crippen molar-refractivity contribution in [1.82, 2.24) is 15.3 Å². The van der Waals surface area contributed by atoms with Crippen LogP contribution >= 0.6 is 0 Å². The third kappa shape index (κ3) is 9.60. The molecule has 188 valence electrons. The summed E-state index contributed by atoms with van der Waals surface area (Å²) < 4.78 is 10.9. The average molecular weight is 465 g/mol. The van der Waals surface area contributed by atoms with Gasteiger partial charge >= 0.3 is 5.97 Å². The van der Waals surface area contributed by atoms with Crippen LogP contribution in [0.15, 0.2) is 29.3 Å². The quantitative estimate of drug-likeness (QED) is 0.220. The number of nitrogens with one attached hydrogen (secondary N) is 1. The minimum absolute atomic E-state index is 0.0182. The number of hydrogen-bond acceptors (Lipinski definition) is 6. The molecule has 0 aliphatic rings. The monoisotopic (exact) mass is 464 g/mol. The topological polar surface area (TPSA) is 75.6 Å². The minimum Gasteiger partial charge on any atom is -0.493 e. The number of aliphatic imine (C=N–C) groups is 1. The van der Waals surface area contributed by atoms with Gasteiger partial charge in [-0.2, -0.15) is 0 Å². The van der Waals surface area contributed by atoms with Crippen molar-refractivity contribution in [2.45, 2.75) is 52.7 Å². The summed E-state index contributed by atoms with van der Waals surface area (Å²) in [6.45, 7) is 9.27. The van der Waals surface area contributed by atoms with Crippen LogP contribution in [0.1, 0.15) is 39.7 Å². The Kier molecular flexibility index (Phi) is 11.7. The van der Waals surface area contributed by atoms with Gasteiger partial charge in [0.1, 0.15) is 11.8 Å². The first-order valence-corrected chi connectivity index (χ1v) is 11.4. The van der Waals surface area contributed by atoms with Crippen LogP contribution in [0, 0.1) is 11.3 Å². The van der Waals surface area contributed by atoms with Gasteiger partial charge in [0.25, 0.3) is 0 Å². The molecule has 8 nitrogen and oxygen atoms in total. The van der Waals surface area contributed by atoms with Crippen molar-refractivity contribution in [2.75, 3.05) is 49.0 Å². The molecule has 1 rings (SSSR count). The molecule has 1 N–H and O–H groups in total. The summed E-state index contributed by atoms with van der Waals surface area (Å²) in [5, 5.41) is 0. The number of likely N-dealkylation sites (N-methyl/N-ethyl adjacent to an activating group) is 1. The molecule has 0 spiro atoms. The van der Waals surface area contributed by atoms with Crippen LogP contribution in [-0.4, -0.2) is 82.8 Å². The van der Waals surface area contributed by atoms with Gasteiger partial charge in [0.15, 0.2) is 0 Å². The van der Waals surface area contributed by atoms with Crippen LogP contribution in [0.4, 0.5) is 0 Å². The highest BCUT2D eigenvalue weighted by Crippen LogP contribution is 2.31. The van der Waals surface area contributed by atoms with E-state index in [1.165, 1.54) is 7.11 Å². The third-order valence-electron chi connectivity index (χ3n) is 5.92. The van der Waals surface area contributed by atoms with E-state index in [1.807, 2.05) is 62.3 Å². The number of carbonyl (C=O) groups excluding carboxylic acids is 1. The van der Waals surface area contributed by atoms with Crippen LogP contribution < -0.4 is 10.2 Å². The second-order valence-corrected chi connectivity index (χ2v) is 9.76. The fourth-order valence-corrected chi connectivity index (χ4v) is 3.56. The number of methoxy groups -OCH3 is 1. The van der Waals surface area contributed by atoms with E-state index in [1.54, 1.807) is 7.05 Å². The van der Waals surface area contributed by atoms with Crippen LogP contribution in [0.2, 0.25) is 0 Å². The Hall–Kier alpha value is -2.32. The van der Waals surface area contributed by atoms with Crippen LogP contribution in [0.3, 0.4) is 0 Å². The minimum atomic E-state index is -0.305. The zero-order chi connectivity index (χ0) is 25.2. The van der Waals surface area contributed by atoms with Crippen molar-refractivity contribution in [3.05, 3.63) is 29.8 Å². The molecule has 33 heavy (non-hydrogen) atoms. The van der Waals surface area contributed by atoms with E-state index in [-0.39, 0.29) is 23.5 Å². The van der Waals surface area contributed by atoms with E-state index >= 15 is 0 Å². The molecular weight excluding hydrogens is 420 g/mol. The molecule has 0 aromatic heterocycles. The van der Waals surface area contributed by atoms with Gasteiger partial charge in [-0.25, -0.2) is 5.48 Å². The maximum Gasteiger partial charge on any atom is 0.323 e. The van der Waals surface area contributed by atoms with Gasteiger partial charge < -0.3 is 14.4 Å². The molecule has 0 fully saturated rings. The Morgan fingerprint density at radius 1 is 1.12 bits per heavy atom. The Morgan fingerprint density at radius 2 is 1.73 bits per heavy atom. The first kappa shape index (κ1) is 28.7. The highest BCUT2D eigenvalue weighted by atomic mass is 16.7. The fourth-order valence-electron chi connectivity index (χ4n) is 3.56. The number of carbonyl (C=O) groups is 1. The Balaban J connectivity index is 2.57. The van der Waals surface area contributed by atoms with Crippen molar-refractivity contribution >= 4 is 11.9 Å². The number of esters is 1. The maximum atomic E-state index is 12.0. The number of benzene rings is 1. The molecule has 1 aromatic carbocycles. The lowest BCUT2D eigenvalue weighted by Crippen LogP contribution is -2.42. The lowest BCUT2D eigenvalue weighted by Gasteiger charge is -2.34. The van der Waals surface area contributed by atoms with Gasteiger partial charge in [0.05, 0.1) is 19.8 Å². The molecule has 0 heterocycles. The number of hydrogen-bond donors (Lipinski definition) is 1. The summed E-state index contributed by atoms with van der Waals surface area (Å²) in [4.78, 5) is 25.8. The largest absolute Gasteiger partial charge is 0.493 e. The zero-order valence-electron chi connectivity index (χ0n) is 22.1. The molecule has 0 saturated heterocycles. The lowest BCUT2D eigenvalue weighted by molar-refractivity contribution is -0.145. The molecule has 0 aliphatic heterocycles. The van der Waals surface area contributed by atoms with E-state index in [0.717, 1.165) is 17.7 Å². The number of guanidine groups is 1. The van der Waals surface area contributed by atoms with Crippen molar-refractivity contribution in [1.29, 1.82) is 0 Å². The summed E-state index contributed by atoms with van der Waals surface area (Å²) in [5.41, 5.74) is 3.96. The van der Waals surface area contributed by atoms with E-state index in [9.17, 15) is 4.79 Å². The van der Waals surface area contributed by atoms with E-state index in [4.69, 9.17) is 14.3 Å². The number of hydroxylamine groups is 1. The first-order valence-electron chi connectivity index (χ1n) is 11.4. The van der Waals surface area contributed by atoms with Crippen LogP contribution in [0.25, 0.3) is 0 Å². The SMILES string of the molecule is CN=C(NOC(C)C(C)(C)CC(C)COc1ccc(CC(C(=O)OC)N(C)C)cc1)N(C)C. The standard InChI is InChI=1S/C25H44N4O4/c1-18(16-25(3,4)19(2)33-27-24(26-5)29(8)9)17-32-21-13-11-20(12-14-21)15-22(28(6)7)23(30)31-10/h11-14,18-19,22H,15-17H2,1-10H3,(H,26,27). The Morgan fingerprint density at radius 3 is 2.21 bits per heavy atom. The van der Waals surface area contributed by atoms with Crippen molar-refractivity contribution in [2.24, 2.45) is 16.3 Å². The Labute approximate surface area is 200 Å². The van der Waals surface area contributed by atoms with E-state index in [0.29, 0.717) is 24.9 Å². The molecule has 3 atom stereocenters. The summed E-state index contributed by atoms with van der Waals surface area (Å²) >= 11 is 0. The molecule has 0 amide bonds. The van der Waals surface area contributed by atoms with Gasteiger partial charge in [0.2, 0.25) is 5.96 Å². The molecule has 8 heteroatoms. The number of nitrogens with zero attached hydrogens (tertiary/aromatic N) is 3. The second-order valence-electron chi connectivity index (χ2n) is 9.76. The molecular formula is C25H44N4O4. The number of ether oxygens (including phenoxy) is 2. The van der Waals surface area contributed by atoms with Gasteiger partial charge in [0, 0.05) is 21.1 Å². The maximum absolute atomic E-state index is 12.0. The number of rotatable bonds is 12. The van der Waals surface area contributed by atoms with Crippen LogP contribution in [0.5, 0.6) is 5.75 Å². The first-order chi connectivity index (χ1) is 15.4. The van der Waals surface area contributed by atoms with Crippen molar-refractivity contribution in [3.63, 3.8) is 0 Å². The highest BCUT2D eigenvalue weighted by molar-refractivity contribution is 5.78. The lowest BCUT2D eigenvalue weighted by atomic mass is 9.79. The Bertz CT molecular complexity index is 747. The van der Waals surface area contributed by atoms with Gasteiger partial charge in [-0.1, -0.05) is 32.9 Å². The molecule has 0 aliphatic carbocycles. The molecule has 0 bridgehead atoms. The predicted octanol–water partition coefficient (Wildman–Crippen LogP) is 3.22. The summed E-state index contributed by atoms with van der Waals surface area (Å²) in [6, 6.07) is 7.62. The molecule has 0 radical (unpaired) electrons. The molecule has 0 saturated carbocycles. The second kappa shape index (κ2) is 13.4. The summed E-state index contributed by atoms with van der Waals surface area (Å²) in [7, 11) is 10.7. The summed E-state index contributed by atoms with van der Waals surface area (Å²) in [6.07, 6.45) is 1.52. The summed E-state index contributed by atoms with van der Waals surface area (Å²) in [5.74, 6) is 1.62. The smallest absolute Gasteiger partial charge is 0.323 e. The van der Waals surface area contributed by atoms with Crippen LogP contribution in [-0.2, 0) is 20.8 Å². The predicted molar refractivity (Wildman–Crippen MR) is 133 cm³/mol. The van der Waals surface area contributed by atoms with Crippen molar-refractivity contribution in [3.8, 4) is 5.75 Å². The zero-order valence-corrected chi connectivity index (χ0v) is 22.1. The van der Waals surface area contributed by atoms with Crippen molar-refractivity contribution < 1.29 is 19.1 Å². The van der Waals surface area contributed by atoms with E-state index in [2.05, 4.69) is 38.2 Å². The van der Waals surface area contributed by atoms with Gasteiger partial charge in [-0.3, -0.25) is 19.5 Å². The normalized spacial score (nSPS) is 15.1. The molecule has 1 aromatic rings. The third-order valence-corrected chi connectivity index (χ3v) is 5.92. The van der Waals surface area contributed by atoms with E-state index < -0.39 is 0 Å². The fraction of sp³-hybridized carbons (Fsp3) is 0.680. The van der Waals surface area contributed by atoms with Gasteiger partial charge in [-0.05, 0) is 62.9 Å². The average Bonchev–Trinajstić information content (AvgIpc) is 2.75.